The monoisotopic (exact) mass is 265 g/mol. The van der Waals surface area contributed by atoms with Gasteiger partial charge in [0.05, 0.1) is 0 Å². The quantitative estimate of drug-likeness (QED) is 0.627. The van der Waals surface area contributed by atoms with Crippen LogP contribution in [0.2, 0.25) is 0 Å². The van der Waals surface area contributed by atoms with Crippen molar-refractivity contribution in [2.75, 3.05) is 0 Å². The van der Waals surface area contributed by atoms with Crippen molar-refractivity contribution in [1.82, 2.24) is 4.57 Å². The van der Waals surface area contributed by atoms with E-state index in [1.165, 1.54) is 0 Å². The number of benzene rings is 1. The normalized spacial score (nSPS) is 14.4. The lowest BCUT2D eigenvalue weighted by atomic mass is 10.2. The van der Waals surface area contributed by atoms with Gasteiger partial charge in [-0.05, 0) is 38.3 Å². The van der Waals surface area contributed by atoms with Crippen molar-refractivity contribution < 1.29 is 9.53 Å². The van der Waals surface area contributed by atoms with E-state index in [1.54, 1.807) is 6.92 Å². The molecule has 0 spiro atoms. The average molecular weight is 266 g/mol. The predicted octanol–water partition coefficient (Wildman–Crippen LogP) is 3.64. The van der Waals surface area contributed by atoms with Gasteiger partial charge in [-0.1, -0.05) is 29.8 Å². The van der Waals surface area contributed by atoms with E-state index < -0.39 is 5.56 Å². The molecule has 96 valence electrons. The number of esters is 1. The summed E-state index contributed by atoms with van der Waals surface area (Å²) in [6.07, 6.45) is 0. The van der Waals surface area contributed by atoms with Crippen molar-refractivity contribution in [3.63, 3.8) is 0 Å². The number of carbonyl (C=O) groups excluding carboxylic acids is 1. The summed E-state index contributed by atoms with van der Waals surface area (Å²) in [5.41, 5.74) is 1.45. The highest BCUT2D eigenvalue weighted by molar-refractivity contribution is 6.20. The summed E-state index contributed by atoms with van der Waals surface area (Å²) in [5.74, 6) is -0.318. The van der Waals surface area contributed by atoms with Crippen LogP contribution in [0.3, 0.4) is 0 Å². The van der Waals surface area contributed by atoms with Crippen LogP contribution in [0.4, 0.5) is 0 Å². The van der Waals surface area contributed by atoms with Gasteiger partial charge in [0.25, 0.3) is 0 Å². The molecule has 0 saturated carbocycles. The second-order valence-electron chi connectivity index (χ2n) is 4.37. The maximum absolute atomic E-state index is 11.9. The third-order valence-corrected chi connectivity index (χ3v) is 3.04. The number of para-hydroxylation sites is 1. The molecule has 0 fully saturated rings. The van der Waals surface area contributed by atoms with Gasteiger partial charge in [0.15, 0.2) is 5.56 Å². The summed E-state index contributed by atoms with van der Waals surface area (Å²) in [6, 6.07) is 9.64. The first kappa shape index (κ1) is 13.0. The second kappa shape index (κ2) is 5.02. The highest BCUT2D eigenvalue weighted by Gasteiger charge is 2.21. The number of ether oxygens (including phenoxy) is 1. The zero-order valence-electron chi connectivity index (χ0n) is 10.7. The van der Waals surface area contributed by atoms with Crippen molar-refractivity contribution in [2.45, 2.75) is 32.4 Å². The number of aryl methyl sites for hydroxylation is 1. The van der Waals surface area contributed by atoms with Gasteiger partial charge in [-0.15, -0.1) is 0 Å². The maximum atomic E-state index is 11.9. The number of hydrogen-bond acceptors (Lipinski definition) is 2. The number of rotatable bonds is 3. The molecule has 0 aliphatic rings. The van der Waals surface area contributed by atoms with Gasteiger partial charge in [0.2, 0.25) is 0 Å². The van der Waals surface area contributed by atoms with Gasteiger partial charge < -0.3 is 9.30 Å². The Morgan fingerprint density at radius 3 is 2.67 bits per heavy atom. The van der Waals surface area contributed by atoms with Gasteiger partial charge in [0.1, 0.15) is 6.04 Å². The Balaban J connectivity index is 2.41. The minimum Gasteiger partial charge on any atom is -0.445 e. The number of aromatic nitrogens is 1. The fraction of sp³-hybridized carbons (Fsp3) is 0.357. The molecule has 2 rings (SSSR count). The van der Waals surface area contributed by atoms with E-state index in [1.807, 2.05) is 42.7 Å². The minimum atomic E-state index is -0.609. The van der Waals surface area contributed by atoms with Crippen molar-refractivity contribution in [2.24, 2.45) is 0 Å². The Morgan fingerprint density at radius 2 is 2.00 bits per heavy atom. The third-order valence-electron chi connectivity index (χ3n) is 2.95. The highest BCUT2D eigenvalue weighted by Crippen LogP contribution is 2.24. The number of alkyl halides is 1. The molecular formula is C14H16ClNO2. The van der Waals surface area contributed by atoms with Crippen molar-refractivity contribution in [1.29, 1.82) is 0 Å². The largest absolute Gasteiger partial charge is 0.445 e. The van der Waals surface area contributed by atoms with Crippen LogP contribution in [0.25, 0.3) is 10.9 Å². The number of fused-ring (bicyclic) bond motifs is 1. The molecule has 0 N–H and O–H groups in total. The lowest BCUT2D eigenvalue weighted by Crippen LogP contribution is -2.22. The van der Waals surface area contributed by atoms with Crippen LogP contribution in [0.15, 0.2) is 30.3 Å². The highest BCUT2D eigenvalue weighted by atomic mass is 35.5. The lowest BCUT2D eigenvalue weighted by Gasteiger charge is -2.17. The first-order valence-corrected chi connectivity index (χ1v) is 6.35. The molecular weight excluding hydrogens is 250 g/mol. The van der Waals surface area contributed by atoms with Gasteiger partial charge in [0, 0.05) is 11.2 Å². The first-order chi connectivity index (χ1) is 8.50. The van der Waals surface area contributed by atoms with Gasteiger partial charge >= 0.3 is 5.97 Å². The number of carbonyl (C=O) groups is 1. The maximum Gasteiger partial charge on any atom is 0.330 e. The molecule has 1 aromatic carbocycles. The molecule has 2 atom stereocenters. The van der Waals surface area contributed by atoms with E-state index in [-0.39, 0.29) is 12.0 Å². The van der Waals surface area contributed by atoms with E-state index in [0.29, 0.717) is 0 Å². The first-order valence-electron chi connectivity index (χ1n) is 5.92. The van der Waals surface area contributed by atoms with Gasteiger partial charge in [-0.25, -0.2) is 4.79 Å². The molecule has 0 bridgehead atoms. The predicted molar refractivity (Wildman–Crippen MR) is 72.8 cm³/mol. The average Bonchev–Trinajstić information content (AvgIpc) is 2.63. The minimum absolute atomic E-state index is 0.318. The molecule has 0 amide bonds. The van der Waals surface area contributed by atoms with E-state index >= 15 is 0 Å². The Bertz CT molecular complexity index is 574. The van der Waals surface area contributed by atoms with E-state index in [2.05, 4.69) is 6.07 Å². The van der Waals surface area contributed by atoms with Crippen LogP contribution >= 0.6 is 11.6 Å². The second-order valence-corrected chi connectivity index (χ2v) is 4.99. The lowest BCUT2D eigenvalue weighted by molar-refractivity contribution is -0.148. The molecule has 1 heterocycles. The molecule has 0 saturated heterocycles. The molecule has 3 nitrogen and oxygen atoms in total. The van der Waals surface area contributed by atoms with Crippen molar-refractivity contribution in [3.05, 3.63) is 36.0 Å². The Hall–Kier alpha value is -1.48. The molecule has 2 aromatic rings. The molecule has 0 aliphatic heterocycles. The Morgan fingerprint density at radius 1 is 1.33 bits per heavy atom. The molecule has 0 radical (unpaired) electrons. The van der Waals surface area contributed by atoms with Gasteiger partial charge in [-0.2, -0.15) is 0 Å². The van der Waals surface area contributed by atoms with E-state index in [4.69, 9.17) is 16.3 Å². The Labute approximate surface area is 111 Å². The van der Waals surface area contributed by atoms with Crippen molar-refractivity contribution in [3.8, 4) is 0 Å². The van der Waals surface area contributed by atoms with Crippen LogP contribution in [-0.2, 0) is 9.53 Å². The fourth-order valence-corrected chi connectivity index (χ4v) is 2.28. The SMILES string of the molecule is Cc1cc2ccccc2n1C(C)C(=O)OC(C)Cl. The summed E-state index contributed by atoms with van der Waals surface area (Å²) in [7, 11) is 0. The number of hydrogen-bond donors (Lipinski definition) is 0. The third kappa shape index (κ3) is 2.36. The summed E-state index contributed by atoms with van der Waals surface area (Å²) >= 11 is 5.68. The summed E-state index contributed by atoms with van der Waals surface area (Å²) < 4.78 is 7.01. The molecule has 18 heavy (non-hydrogen) atoms. The smallest absolute Gasteiger partial charge is 0.330 e. The Kier molecular flexibility index (Phi) is 3.62. The summed E-state index contributed by atoms with van der Waals surface area (Å²) in [4.78, 5) is 11.9. The van der Waals surface area contributed by atoms with Crippen LogP contribution < -0.4 is 0 Å². The van der Waals surface area contributed by atoms with Crippen LogP contribution in [0.1, 0.15) is 25.6 Å². The van der Waals surface area contributed by atoms with Crippen LogP contribution in [-0.4, -0.2) is 16.1 Å². The van der Waals surface area contributed by atoms with Gasteiger partial charge in [-0.3, -0.25) is 0 Å². The summed E-state index contributed by atoms with van der Waals surface area (Å²) in [5, 5.41) is 1.12. The molecule has 4 heteroatoms. The van der Waals surface area contributed by atoms with E-state index in [0.717, 1.165) is 16.6 Å². The topological polar surface area (TPSA) is 31.2 Å². The zero-order chi connectivity index (χ0) is 13.3. The molecule has 1 aromatic heterocycles. The van der Waals surface area contributed by atoms with E-state index in [9.17, 15) is 4.79 Å². The number of nitrogens with zero attached hydrogens (tertiary/aromatic N) is 1. The zero-order valence-corrected chi connectivity index (χ0v) is 11.4. The molecule has 2 unspecified atom stereocenters. The fourth-order valence-electron chi connectivity index (χ4n) is 2.19. The van der Waals surface area contributed by atoms with Crippen molar-refractivity contribution >= 4 is 28.5 Å². The molecule has 0 aliphatic carbocycles. The number of halogens is 1. The van der Waals surface area contributed by atoms with Crippen LogP contribution in [0.5, 0.6) is 0 Å². The summed E-state index contributed by atoms with van der Waals surface area (Å²) in [6.45, 7) is 5.43. The van der Waals surface area contributed by atoms with Crippen LogP contribution in [0, 0.1) is 6.92 Å². The standard InChI is InChI=1S/C14H16ClNO2/c1-9-8-12-6-4-5-7-13(12)16(9)10(2)14(17)18-11(3)15/h4-8,10-11H,1-3H3.